The molecule has 0 spiro atoms. The molecule has 2 aliphatic rings. The Balaban J connectivity index is 1.81. The third-order valence-corrected chi connectivity index (χ3v) is 3.80. The zero-order valence-corrected chi connectivity index (χ0v) is 12.0. The van der Waals surface area contributed by atoms with Crippen molar-refractivity contribution in [3.05, 3.63) is 24.0 Å². The second-order valence-corrected chi connectivity index (χ2v) is 5.37. The van der Waals surface area contributed by atoms with Crippen molar-refractivity contribution in [1.82, 2.24) is 4.90 Å². The van der Waals surface area contributed by atoms with Crippen LogP contribution in [0.3, 0.4) is 0 Å². The van der Waals surface area contributed by atoms with Crippen LogP contribution in [0, 0.1) is 5.82 Å². The number of aliphatic hydroxyl groups is 1. The van der Waals surface area contributed by atoms with Crippen molar-refractivity contribution < 1.29 is 23.8 Å². The fourth-order valence-corrected chi connectivity index (χ4v) is 2.58. The second-order valence-electron chi connectivity index (χ2n) is 5.37. The lowest BCUT2D eigenvalue weighted by molar-refractivity contribution is -0.125. The van der Waals surface area contributed by atoms with Gasteiger partial charge in [0.05, 0.1) is 37.7 Å². The average Bonchev–Trinajstić information content (AvgIpc) is 3.02. The quantitative estimate of drug-likeness (QED) is 0.874. The van der Waals surface area contributed by atoms with E-state index < -0.39 is 18.0 Å². The molecule has 0 bridgehead atoms. The first-order valence-corrected chi connectivity index (χ1v) is 6.87. The highest BCUT2D eigenvalue weighted by Gasteiger charge is 2.33. The van der Waals surface area contributed by atoms with Crippen LogP contribution < -0.4 is 9.80 Å². The molecule has 118 valence electrons. The van der Waals surface area contributed by atoms with Crippen molar-refractivity contribution in [2.24, 2.45) is 0 Å². The van der Waals surface area contributed by atoms with E-state index in [9.17, 15) is 14.0 Å². The molecule has 0 radical (unpaired) electrons. The van der Waals surface area contributed by atoms with Crippen LogP contribution in [0.4, 0.5) is 20.6 Å². The number of benzene rings is 1. The number of ether oxygens (including phenoxy) is 1. The molecular weight excluding hydrogens is 293 g/mol. The highest BCUT2D eigenvalue weighted by atomic mass is 19.1. The van der Waals surface area contributed by atoms with Gasteiger partial charge < -0.3 is 19.6 Å². The molecule has 22 heavy (non-hydrogen) atoms. The molecule has 3 rings (SSSR count). The van der Waals surface area contributed by atoms with Gasteiger partial charge in [-0.05, 0) is 18.2 Å². The highest BCUT2D eigenvalue weighted by Crippen LogP contribution is 2.29. The molecule has 0 aromatic heterocycles. The van der Waals surface area contributed by atoms with E-state index in [-0.39, 0.29) is 25.6 Å². The molecule has 2 aliphatic heterocycles. The molecule has 1 aromatic rings. The van der Waals surface area contributed by atoms with Crippen molar-refractivity contribution in [2.75, 3.05) is 43.2 Å². The minimum absolute atomic E-state index is 0.0719. The number of carbonyl (C=O) groups is 2. The van der Waals surface area contributed by atoms with Crippen LogP contribution >= 0.6 is 0 Å². The minimum atomic E-state index is -0.609. The monoisotopic (exact) mass is 309 g/mol. The molecule has 2 fully saturated rings. The van der Waals surface area contributed by atoms with Gasteiger partial charge >= 0.3 is 6.09 Å². The average molecular weight is 309 g/mol. The van der Waals surface area contributed by atoms with Gasteiger partial charge in [0.25, 0.3) is 0 Å². The Kier molecular flexibility index (Phi) is 3.61. The van der Waals surface area contributed by atoms with Gasteiger partial charge in [0, 0.05) is 7.05 Å². The minimum Gasteiger partial charge on any atom is -0.441 e. The maximum Gasteiger partial charge on any atom is 0.414 e. The number of likely N-dealkylation sites (N-methyl/N-ethyl adjacent to an activating group) is 1. The maximum absolute atomic E-state index is 14.3. The molecule has 1 atom stereocenters. The largest absolute Gasteiger partial charge is 0.441 e. The zero-order chi connectivity index (χ0) is 15.9. The number of anilines is 2. The Hall–Kier alpha value is -2.35. The molecule has 2 saturated heterocycles. The molecule has 1 N–H and O–H groups in total. The lowest BCUT2D eigenvalue weighted by Gasteiger charge is -2.20. The van der Waals surface area contributed by atoms with Crippen molar-refractivity contribution in [3.8, 4) is 0 Å². The van der Waals surface area contributed by atoms with E-state index in [2.05, 4.69) is 0 Å². The molecule has 7 nitrogen and oxygen atoms in total. The van der Waals surface area contributed by atoms with Gasteiger partial charge in [-0.25, -0.2) is 9.18 Å². The lowest BCUT2D eigenvalue weighted by atomic mass is 10.2. The van der Waals surface area contributed by atoms with Crippen molar-refractivity contribution >= 4 is 23.4 Å². The number of aliphatic hydroxyl groups excluding tert-OH is 1. The fourth-order valence-electron chi connectivity index (χ4n) is 2.58. The summed E-state index contributed by atoms with van der Waals surface area (Å²) < 4.78 is 19.2. The summed E-state index contributed by atoms with van der Waals surface area (Å²) in [5.74, 6) is -0.585. The van der Waals surface area contributed by atoms with E-state index >= 15 is 0 Å². The van der Waals surface area contributed by atoms with Crippen molar-refractivity contribution in [1.29, 1.82) is 0 Å². The van der Waals surface area contributed by atoms with E-state index in [0.29, 0.717) is 18.0 Å². The van der Waals surface area contributed by atoms with E-state index in [0.717, 1.165) is 0 Å². The molecule has 8 heteroatoms. The number of carbonyl (C=O) groups excluding carboxylic acids is 2. The van der Waals surface area contributed by atoms with E-state index in [1.54, 1.807) is 18.0 Å². The summed E-state index contributed by atoms with van der Waals surface area (Å²) >= 11 is 0. The van der Waals surface area contributed by atoms with Gasteiger partial charge in [-0.3, -0.25) is 9.69 Å². The smallest absolute Gasteiger partial charge is 0.414 e. The number of cyclic esters (lactones) is 1. The van der Waals surface area contributed by atoms with E-state index in [1.807, 2.05) is 0 Å². The van der Waals surface area contributed by atoms with Gasteiger partial charge in [-0.1, -0.05) is 0 Å². The van der Waals surface area contributed by atoms with Crippen LogP contribution in [0.2, 0.25) is 0 Å². The number of hydrogen-bond donors (Lipinski definition) is 1. The third-order valence-electron chi connectivity index (χ3n) is 3.80. The number of nitrogens with zero attached hydrogens (tertiary/aromatic N) is 3. The number of amides is 2. The van der Waals surface area contributed by atoms with Gasteiger partial charge in [-0.15, -0.1) is 0 Å². The Labute approximate surface area is 126 Å². The Morgan fingerprint density at radius 1 is 1.41 bits per heavy atom. The van der Waals surface area contributed by atoms with Crippen LogP contribution in [-0.4, -0.2) is 61.5 Å². The molecular formula is C14H16FN3O4. The summed E-state index contributed by atoms with van der Waals surface area (Å²) in [5, 5.41) is 9.02. The molecule has 0 saturated carbocycles. The first kappa shape index (κ1) is 14.6. The second kappa shape index (κ2) is 5.45. The van der Waals surface area contributed by atoms with Crippen LogP contribution in [0.15, 0.2) is 18.2 Å². The first-order valence-electron chi connectivity index (χ1n) is 6.87. The predicted molar refractivity (Wildman–Crippen MR) is 76.1 cm³/mol. The van der Waals surface area contributed by atoms with Crippen LogP contribution in [-0.2, 0) is 9.53 Å². The Morgan fingerprint density at radius 3 is 2.73 bits per heavy atom. The molecule has 0 aliphatic carbocycles. The van der Waals surface area contributed by atoms with Crippen LogP contribution in [0.1, 0.15) is 0 Å². The summed E-state index contributed by atoms with van der Waals surface area (Å²) in [6, 6.07) is 4.37. The number of hydrogen-bond acceptors (Lipinski definition) is 5. The summed E-state index contributed by atoms with van der Waals surface area (Å²) in [4.78, 5) is 27.6. The van der Waals surface area contributed by atoms with Crippen molar-refractivity contribution in [3.63, 3.8) is 0 Å². The highest BCUT2D eigenvalue weighted by molar-refractivity contribution is 5.90. The van der Waals surface area contributed by atoms with Gasteiger partial charge in [0.1, 0.15) is 11.9 Å². The standard InChI is InChI=1S/C14H16FN3O4/c1-16-8-17(6-13(16)20)12-3-2-9(4-11(12)15)18-5-10(7-19)22-14(18)21/h2-4,10,19H,5-8H2,1H3/t10-/m0/s1. The SMILES string of the molecule is CN1CN(c2ccc(N3C[C@@H](CO)OC3=O)cc2F)CC1=O. The third kappa shape index (κ3) is 2.45. The summed E-state index contributed by atoms with van der Waals surface area (Å²) in [6.45, 7) is 0.364. The maximum atomic E-state index is 14.3. The molecule has 1 aromatic carbocycles. The van der Waals surface area contributed by atoms with Crippen molar-refractivity contribution in [2.45, 2.75) is 6.10 Å². The summed E-state index contributed by atoms with van der Waals surface area (Å²) in [7, 11) is 1.66. The van der Waals surface area contributed by atoms with E-state index in [1.165, 1.54) is 21.9 Å². The van der Waals surface area contributed by atoms with Gasteiger partial charge in [-0.2, -0.15) is 0 Å². The zero-order valence-electron chi connectivity index (χ0n) is 12.0. The van der Waals surface area contributed by atoms with Crippen LogP contribution in [0.25, 0.3) is 0 Å². The molecule has 2 heterocycles. The molecule has 2 amide bonds. The van der Waals surface area contributed by atoms with Gasteiger partial charge in [0.15, 0.2) is 0 Å². The summed E-state index contributed by atoms with van der Waals surface area (Å²) in [5.41, 5.74) is 0.675. The topological polar surface area (TPSA) is 73.3 Å². The lowest BCUT2D eigenvalue weighted by Crippen LogP contribution is -2.26. The first-order chi connectivity index (χ1) is 10.5. The normalized spacial score (nSPS) is 21.8. The predicted octanol–water partition coefficient (Wildman–Crippen LogP) is 0.379. The number of halogens is 1. The number of rotatable bonds is 3. The summed E-state index contributed by atoms with van der Waals surface area (Å²) in [6.07, 6.45) is -1.21. The van der Waals surface area contributed by atoms with Gasteiger partial charge in [0.2, 0.25) is 5.91 Å². The van der Waals surface area contributed by atoms with Crippen LogP contribution in [0.5, 0.6) is 0 Å². The Bertz CT molecular complexity index is 624. The van der Waals surface area contributed by atoms with E-state index in [4.69, 9.17) is 9.84 Å². The Morgan fingerprint density at radius 2 is 2.18 bits per heavy atom. The fraction of sp³-hybridized carbons (Fsp3) is 0.429. The molecule has 0 unspecified atom stereocenters.